The number of thioether (sulfide) groups is 1. The maximum Gasteiger partial charge on any atom is 0.418 e. The number of halogens is 3. The molecule has 0 aliphatic heterocycles. The van der Waals surface area contributed by atoms with Gasteiger partial charge in [0.15, 0.2) is 0 Å². The van der Waals surface area contributed by atoms with Crippen LogP contribution in [0.25, 0.3) is 10.9 Å². The van der Waals surface area contributed by atoms with Gasteiger partial charge in [0.2, 0.25) is 5.91 Å². The number of rotatable bonds is 5. The number of ether oxygens (including phenoxy) is 1. The highest BCUT2D eigenvalue weighted by molar-refractivity contribution is 8.00. The molecule has 0 saturated heterocycles. The predicted molar refractivity (Wildman–Crippen MR) is 104 cm³/mol. The van der Waals surface area contributed by atoms with E-state index in [2.05, 4.69) is 10.3 Å². The average Bonchev–Trinajstić information content (AvgIpc) is 2.70. The van der Waals surface area contributed by atoms with Crippen molar-refractivity contribution in [1.29, 1.82) is 5.26 Å². The number of nitriles is 1. The molecule has 0 unspecified atom stereocenters. The molecule has 0 atom stereocenters. The Morgan fingerprint density at radius 3 is 2.69 bits per heavy atom. The first-order valence-electron chi connectivity index (χ1n) is 8.29. The summed E-state index contributed by atoms with van der Waals surface area (Å²) < 4.78 is 44.3. The summed E-state index contributed by atoms with van der Waals surface area (Å²) in [5, 5.41) is 12.7. The van der Waals surface area contributed by atoms with E-state index in [-0.39, 0.29) is 17.0 Å². The molecule has 0 bridgehead atoms. The number of hydrogen-bond donors (Lipinski definition) is 1. The molecule has 1 N–H and O–H groups in total. The van der Waals surface area contributed by atoms with Crippen LogP contribution in [0.4, 0.5) is 18.9 Å². The van der Waals surface area contributed by atoms with Gasteiger partial charge in [-0.3, -0.25) is 4.79 Å². The molecule has 3 rings (SSSR count). The second-order valence-electron chi connectivity index (χ2n) is 5.89. The molecule has 0 saturated carbocycles. The monoisotopic (exact) mass is 417 g/mol. The topological polar surface area (TPSA) is 75.0 Å². The fourth-order valence-electron chi connectivity index (χ4n) is 2.61. The summed E-state index contributed by atoms with van der Waals surface area (Å²) in [5.41, 5.74) is -0.368. The third-order valence-corrected chi connectivity index (χ3v) is 4.95. The maximum absolute atomic E-state index is 13.0. The number of carbonyl (C=O) groups is 1. The molecule has 1 aromatic heterocycles. The Bertz CT molecular complexity index is 1110. The molecule has 5 nitrogen and oxygen atoms in total. The maximum atomic E-state index is 13.0. The number of benzene rings is 2. The minimum atomic E-state index is -4.58. The number of nitrogens with one attached hydrogen (secondary N) is 1. The average molecular weight is 417 g/mol. The number of amides is 1. The highest BCUT2D eigenvalue weighted by Crippen LogP contribution is 2.34. The van der Waals surface area contributed by atoms with Crippen LogP contribution in [0.15, 0.2) is 53.6 Å². The van der Waals surface area contributed by atoms with Crippen molar-refractivity contribution in [2.75, 3.05) is 18.2 Å². The lowest BCUT2D eigenvalue weighted by Gasteiger charge is -2.13. The number of alkyl halides is 3. The second kappa shape index (κ2) is 8.41. The van der Waals surface area contributed by atoms with Crippen molar-refractivity contribution >= 4 is 34.3 Å². The van der Waals surface area contributed by atoms with Crippen LogP contribution in [0.5, 0.6) is 5.75 Å². The van der Waals surface area contributed by atoms with E-state index in [1.54, 1.807) is 24.3 Å². The normalized spacial score (nSPS) is 11.1. The molecule has 0 spiro atoms. The van der Waals surface area contributed by atoms with Crippen LogP contribution < -0.4 is 10.1 Å². The van der Waals surface area contributed by atoms with Gasteiger partial charge in [-0.15, -0.1) is 0 Å². The largest absolute Gasteiger partial charge is 0.497 e. The first-order valence-corrected chi connectivity index (χ1v) is 9.28. The van der Waals surface area contributed by atoms with Crippen molar-refractivity contribution in [2.45, 2.75) is 11.2 Å². The van der Waals surface area contributed by atoms with E-state index in [0.717, 1.165) is 17.8 Å². The second-order valence-corrected chi connectivity index (χ2v) is 6.86. The molecular formula is C20H14F3N3O2S. The highest BCUT2D eigenvalue weighted by Gasteiger charge is 2.33. The van der Waals surface area contributed by atoms with Crippen molar-refractivity contribution in [2.24, 2.45) is 0 Å². The molecule has 9 heteroatoms. The number of nitrogens with zero attached hydrogens (tertiary/aromatic N) is 2. The zero-order valence-electron chi connectivity index (χ0n) is 15.1. The lowest BCUT2D eigenvalue weighted by Crippen LogP contribution is -2.18. The zero-order chi connectivity index (χ0) is 21.0. The highest BCUT2D eigenvalue weighted by atomic mass is 32.2. The van der Waals surface area contributed by atoms with E-state index >= 15 is 0 Å². The van der Waals surface area contributed by atoms with Gasteiger partial charge in [0.1, 0.15) is 16.8 Å². The van der Waals surface area contributed by atoms with E-state index in [0.29, 0.717) is 21.7 Å². The minimum absolute atomic E-state index is 0.199. The van der Waals surface area contributed by atoms with Gasteiger partial charge < -0.3 is 10.1 Å². The molecule has 1 amide bonds. The van der Waals surface area contributed by atoms with Crippen molar-refractivity contribution in [1.82, 2.24) is 4.98 Å². The zero-order valence-corrected chi connectivity index (χ0v) is 15.9. The van der Waals surface area contributed by atoms with Gasteiger partial charge in [-0.1, -0.05) is 23.9 Å². The Kier molecular flexibility index (Phi) is 5.94. The molecule has 2 aromatic carbocycles. The Balaban J connectivity index is 1.77. The van der Waals surface area contributed by atoms with Crippen molar-refractivity contribution in [3.8, 4) is 11.8 Å². The third-order valence-electron chi connectivity index (χ3n) is 3.95. The summed E-state index contributed by atoms with van der Waals surface area (Å²) in [6.07, 6.45) is -4.58. The Labute approximate surface area is 168 Å². The fraction of sp³-hybridized carbons (Fsp3) is 0.150. The Morgan fingerprint density at radius 2 is 2.00 bits per heavy atom. The molecule has 3 aromatic rings. The molecule has 29 heavy (non-hydrogen) atoms. The predicted octanol–water partition coefficient (Wildman–Crippen LogP) is 4.86. The van der Waals surface area contributed by atoms with Crippen molar-refractivity contribution in [3.05, 3.63) is 59.7 Å². The van der Waals surface area contributed by atoms with E-state index in [1.807, 2.05) is 6.07 Å². The van der Waals surface area contributed by atoms with Gasteiger partial charge in [-0.25, -0.2) is 4.98 Å². The van der Waals surface area contributed by atoms with Crippen LogP contribution in [0.3, 0.4) is 0 Å². The summed E-state index contributed by atoms with van der Waals surface area (Å²) in [7, 11) is 1.53. The van der Waals surface area contributed by atoms with Gasteiger partial charge in [-0.2, -0.15) is 18.4 Å². The summed E-state index contributed by atoms with van der Waals surface area (Å²) in [4.78, 5) is 16.6. The Morgan fingerprint density at radius 1 is 1.24 bits per heavy atom. The van der Waals surface area contributed by atoms with Crippen molar-refractivity contribution < 1.29 is 22.7 Å². The van der Waals surface area contributed by atoms with Gasteiger partial charge in [0.25, 0.3) is 0 Å². The van der Waals surface area contributed by atoms with Crippen LogP contribution in [-0.2, 0) is 11.0 Å². The number of hydrogen-bond acceptors (Lipinski definition) is 5. The minimum Gasteiger partial charge on any atom is -0.497 e. The van der Waals surface area contributed by atoms with E-state index in [4.69, 9.17) is 4.74 Å². The molecular weight excluding hydrogens is 403 g/mol. The van der Waals surface area contributed by atoms with Crippen LogP contribution in [-0.4, -0.2) is 23.8 Å². The van der Waals surface area contributed by atoms with E-state index in [1.165, 1.54) is 25.3 Å². The van der Waals surface area contributed by atoms with Gasteiger partial charge in [-0.05, 0) is 36.4 Å². The Hall–Kier alpha value is -3.25. The van der Waals surface area contributed by atoms with Gasteiger partial charge in [0, 0.05) is 5.39 Å². The molecule has 1 heterocycles. The smallest absolute Gasteiger partial charge is 0.418 e. The van der Waals surface area contributed by atoms with Crippen LogP contribution in [0, 0.1) is 11.3 Å². The standard InChI is InChI=1S/C20H14F3N3O2S/c1-28-14-6-7-16-12(9-14)8-13(10-24)19(26-16)29-11-18(27)25-17-5-3-2-4-15(17)20(21,22)23/h2-9H,11H2,1H3,(H,25,27). The lowest BCUT2D eigenvalue weighted by atomic mass is 10.1. The van der Waals surface area contributed by atoms with Gasteiger partial charge >= 0.3 is 6.18 Å². The van der Waals surface area contributed by atoms with Crippen LogP contribution in [0.2, 0.25) is 0 Å². The molecule has 148 valence electrons. The number of anilines is 1. The molecule has 0 radical (unpaired) electrons. The molecule has 0 aliphatic rings. The number of pyridine rings is 1. The number of methoxy groups -OCH3 is 1. The fourth-order valence-corrected chi connectivity index (χ4v) is 3.38. The molecule has 0 aliphatic carbocycles. The lowest BCUT2D eigenvalue weighted by molar-refractivity contribution is -0.137. The first-order chi connectivity index (χ1) is 13.8. The number of para-hydroxylation sites is 1. The summed E-state index contributed by atoms with van der Waals surface area (Å²) >= 11 is 0.979. The number of aromatic nitrogens is 1. The van der Waals surface area contributed by atoms with E-state index < -0.39 is 17.6 Å². The van der Waals surface area contributed by atoms with Crippen molar-refractivity contribution in [3.63, 3.8) is 0 Å². The van der Waals surface area contributed by atoms with Gasteiger partial charge in [0.05, 0.1) is 35.2 Å². The quantitative estimate of drug-likeness (QED) is 0.600. The van der Waals surface area contributed by atoms with Crippen LogP contribution in [0.1, 0.15) is 11.1 Å². The van der Waals surface area contributed by atoms with Crippen LogP contribution >= 0.6 is 11.8 Å². The number of carbonyl (C=O) groups excluding carboxylic acids is 1. The summed E-state index contributed by atoms with van der Waals surface area (Å²) in [6, 6.07) is 13.6. The number of fused-ring (bicyclic) bond motifs is 1. The third kappa shape index (κ3) is 4.78. The van der Waals surface area contributed by atoms with E-state index in [9.17, 15) is 23.2 Å². The summed E-state index contributed by atoms with van der Waals surface area (Å²) in [5.74, 6) is -0.214. The summed E-state index contributed by atoms with van der Waals surface area (Å²) in [6.45, 7) is 0. The SMILES string of the molecule is COc1ccc2nc(SCC(=O)Nc3ccccc3C(F)(F)F)c(C#N)cc2c1. The molecule has 0 fully saturated rings. The first kappa shape index (κ1) is 20.5.